The fourth-order valence-electron chi connectivity index (χ4n) is 2.79. The SMILES string of the molecule is c1cc(N2CCOCC3(CC3)C2)c2sccc2n1. The van der Waals surface area contributed by atoms with Crippen LogP contribution in [0.3, 0.4) is 0 Å². The van der Waals surface area contributed by atoms with Gasteiger partial charge in [0.2, 0.25) is 0 Å². The Labute approximate surface area is 110 Å². The lowest BCUT2D eigenvalue weighted by atomic mass is 10.1. The molecule has 2 aromatic rings. The minimum atomic E-state index is 0.448. The first kappa shape index (κ1) is 10.8. The summed E-state index contributed by atoms with van der Waals surface area (Å²) < 4.78 is 7.08. The lowest BCUT2D eigenvalue weighted by Gasteiger charge is -2.25. The van der Waals surface area contributed by atoms with Crippen molar-refractivity contribution < 1.29 is 4.74 Å². The predicted molar refractivity (Wildman–Crippen MR) is 74.3 cm³/mol. The monoisotopic (exact) mass is 260 g/mol. The molecule has 0 radical (unpaired) electrons. The third-order valence-electron chi connectivity index (χ3n) is 4.06. The van der Waals surface area contributed by atoms with Gasteiger partial charge in [-0.3, -0.25) is 4.98 Å². The average Bonchev–Trinajstić information content (AvgIpc) is 3.05. The van der Waals surface area contributed by atoms with Crippen molar-refractivity contribution in [2.75, 3.05) is 31.2 Å². The molecule has 1 aliphatic carbocycles. The molecule has 1 spiro atoms. The number of hydrogen-bond acceptors (Lipinski definition) is 4. The second kappa shape index (κ2) is 3.93. The number of thiophene rings is 1. The standard InChI is InChI=1S/C14H16N2OS/c1-5-15-11-2-8-18-13(11)12(1)16-6-7-17-10-14(9-16)3-4-14/h1-2,5,8H,3-4,6-7,9-10H2. The maximum Gasteiger partial charge on any atom is 0.0830 e. The maximum absolute atomic E-state index is 5.76. The van der Waals surface area contributed by atoms with E-state index in [-0.39, 0.29) is 0 Å². The van der Waals surface area contributed by atoms with Gasteiger partial charge < -0.3 is 9.64 Å². The van der Waals surface area contributed by atoms with Crippen LogP contribution in [0.15, 0.2) is 23.7 Å². The molecule has 0 aromatic carbocycles. The van der Waals surface area contributed by atoms with E-state index in [0.29, 0.717) is 5.41 Å². The summed E-state index contributed by atoms with van der Waals surface area (Å²) in [7, 11) is 0. The second-order valence-corrected chi connectivity index (χ2v) is 6.36. The van der Waals surface area contributed by atoms with Crippen molar-refractivity contribution in [1.82, 2.24) is 4.98 Å². The highest BCUT2D eigenvalue weighted by Crippen LogP contribution is 2.48. The predicted octanol–water partition coefficient (Wildman–Crippen LogP) is 2.91. The summed E-state index contributed by atoms with van der Waals surface area (Å²) in [6.45, 7) is 3.93. The van der Waals surface area contributed by atoms with Crippen molar-refractivity contribution in [2.24, 2.45) is 5.41 Å². The summed E-state index contributed by atoms with van der Waals surface area (Å²) in [6.07, 6.45) is 4.57. The van der Waals surface area contributed by atoms with Crippen molar-refractivity contribution >= 4 is 27.2 Å². The Morgan fingerprint density at radius 1 is 1.33 bits per heavy atom. The zero-order chi connectivity index (χ0) is 12.0. The van der Waals surface area contributed by atoms with Crippen LogP contribution in [0.4, 0.5) is 5.69 Å². The minimum absolute atomic E-state index is 0.448. The Morgan fingerprint density at radius 2 is 2.28 bits per heavy atom. The number of pyridine rings is 1. The van der Waals surface area contributed by atoms with Gasteiger partial charge in [-0.2, -0.15) is 0 Å². The Hall–Kier alpha value is -1.13. The molecule has 2 aromatic heterocycles. The van der Waals surface area contributed by atoms with E-state index in [0.717, 1.165) is 31.8 Å². The Kier molecular flexibility index (Phi) is 2.35. The number of ether oxygens (including phenoxy) is 1. The lowest BCUT2D eigenvalue weighted by Crippen LogP contribution is -2.30. The molecular weight excluding hydrogens is 244 g/mol. The molecule has 1 aliphatic heterocycles. The third-order valence-corrected chi connectivity index (χ3v) is 4.99. The molecule has 0 N–H and O–H groups in total. The summed E-state index contributed by atoms with van der Waals surface area (Å²) in [5.41, 5.74) is 2.91. The number of nitrogens with zero attached hydrogens (tertiary/aromatic N) is 2. The molecule has 3 nitrogen and oxygen atoms in total. The van der Waals surface area contributed by atoms with Crippen LogP contribution in [0.5, 0.6) is 0 Å². The second-order valence-electron chi connectivity index (χ2n) is 5.44. The molecule has 1 saturated heterocycles. The summed E-state index contributed by atoms with van der Waals surface area (Å²) in [5.74, 6) is 0. The van der Waals surface area contributed by atoms with Crippen molar-refractivity contribution in [1.29, 1.82) is 0 Å². The quantitative estimate of drug-likeness (QED) is 0.788. The van der Waals surface area contributed by atoms with Gasteiger partial charge in [0, 0.05) is 24.7 Å². The number of hydrogen-bond donors (Lipinski definition) is 0. The summed E-state index contributed by atoms with van der Waals surface area (Å²) in [6, 6.07) is 4.25. The van der Waals surface area contributed by atoms with E-state index in [4.69, 9.17) is 4.74 Å². The van der Waals surface area contributed by atoms with Crippen molar-refractivity contribution in [3.63, 3.8) is 0 Å². The van der Waals surface area contributed by atoms with Crippen molar-refractivity contribution in [3.8, 4) is 0 Å². The fraction of sp³-hybridized carbons (Fsp3) is 0.500. The molecular formula is C14H16N2OS. The zero-order valence-electron chi connectivity index (χ0n) is 10.3. The summed E-state index contributed by atoms with van der Waals surface area (Å²) in [4.78, 5) is 6.93. The topological polar surface area (TPSA) is 25.4 Å². The molecule has 0 amide bonds. The van der Waals surface area contributed by atoms with Gasteiger partial charge in [-0.25, -0.2) is 0 Å². The van der Waals surface area contributed by atoms with Crippen LogP contribution >= 0.6 is 11.3 Å². The largest absolute Gasteiger partial charge is 0.379 e. The Morgan fingerprint density at radius 3 is 3.17 bits per heavy atom. The molecule has 0 atom stereocenters. The highest BCUT2D eigenvalue weighted by Gasteiger charge is 2.45. The van der Waals surface area contributed by atoms with Crippen LogP contribution in [0.25, 0.3) is 10.2 Å². The van der Waals surface area contributed by atoms with Gasteiger partial charge >= 0.3 is 0 Å². The Bertz CT molecular complexity index is 576. The van der Waals surface area contributed by atoms with Crippen LogP contribution in [-0.4, -0.2) is 31.3 Å². The van der Waals surface area contributed by atoms with Gasteiger partial charge in [0.25, 0.3) is 0 Å². The smallest absolute Gasteiger partial charge is 0.0830 e. The van der Waals surface area contributed by atoms with Crippen LogP contribution in [0.1, 0.15) is 12.8 Å². The minimum Gasteiger partial charge on any atom is -0.379 e. The molecule has 0 bridgehead atoms. The first-order chi connectivity index (χ1) is 8.86. The highest BCUT2D eigenvalue weighted by atomic mass is 32.1. The molecule has 4 heteroatoms. The molecule has 2 aliphatic rings. The highest BCUT2D eigenvalue weighted by molar-refractivity contribution is 7.17. The van der Waals surface area contributed by atoms with E-state index in [9.17, 15) is 0 Å². The number of fused-ring (bicyclic) bond motifs is 1. The molecule has 18 heavy (non-hydrogen) atoms. The number of rotatable bonds is 1. The van der Waals surface area contributed by atoms with E-state index < -0.39 is 0 Å². The normalized spacial score (nSPS) is 22.3. The van der Waals surface area contributed by atoms with E-state index in [2.05, 4.69) is 27.4 Å². The number of anilines is 1. The third kappa shape index (κ3) is 1.71. The van der Waals surface area contributed by atoms with Crippen LogP contribution < -0.4 is 4.90 Å². The van der Waals surface area contributed by atoms with Gasteiger partial charge in [0.05, 0.1) is 29.1 Å². The average molecular weight is 260 g/mol. The van der Waals surface area contributed by atoms with Gasteiger partial charge in [-0.05, 0) is 30.4 Å². The van der Waals surface area contributed by atoms with Crippen LogP contribution in [0.2, 0.25) is 0 Å². The summed E-state index contributed by atoms with van der Waals surface area (Å²) >= 11 is 1.79. The molecule has 2 fully saturated rings. The molecule has 0 unspecified atom stereocenters. The van der Waals surface area contributed by atoms with Crippen LogP contribution in [0, 0.1) is 5.41 Å². The molecule has 4 rings (SSSR count). The van der Waals surface area contributed by atoms with Gasteiger partial charge in [-0.15, -0.1) is 11.3 Å². The molecule has 3 heterocycles. The van der Waals surface area contributed by atoms with E-state index in [1.807, 2.05) is 6.20 Å². The van der Waals surface area contributed by atoms with Crippen LogP contribution in [-0.2, 0) is 4.74 Å². The fourth-order valence-corrected chi connectivity index (χ4v) is 3.68. The van der Waals surface area contributed by atoms with Crippen molar-refractivity contribution in [3.05, 3.63) is 23.7 Å². The van der Waals surface area contributed by atoms with E-state index in [1.165, 1.54) is 23.2 Å². The first-order valence-corrected chi connectivity index (χ1v) is 7.39. The summed E-state index contributed by atoms with van der Waals surface area (Å²) in [5, 5.41) is 2.13. The van der Waals surface area contributed by atoms with Gasteiger partial charge in [0.15, 0.2) is 0 Å². The van der Waals surface area contributed by atoms with Gasteiger partial charge in [-0.1, -0.05) is 0 Å². The zero-order valence-corrected chi connectivity index (χ0v) is 11.1. The number of aromatic nitrogens is 1. The van der Waals surface area contributed by atoms with E-state index >= 15 is 0 Å². The Balaban J connectivity index is 1.74. The lowest BCUT2D eigenvalue weighted by molar-refractivity contribution is 0.116. The molecule has 94 valence electrons. The molecule has 1 saturated carbocycles. The van der Waals surface area contributed by atoms with E-state index in [1.54, 1.807) is 11.3 Å². The van der Waals surface area contributed by atoms with Gasteiger partial charge in [0.1, 0.15) is 0 Å². The first-order valence-electron chi connectivity index (χ1n) is 6.51. The maximum atomic E-state index is 5.76. The van der Waals surface area contributed by atoms with Crippen molar-refractivity contribution in [2.45, 2.75) is 12.8 Å².